The SMILES string of the molecule is Clc1ccc(/C=C2\CCN(Cc3ccc(Cl)cc3)C2)cc1. The van der Waals surface area contributed by atoms with E-state index in [9.17, 15) is 0 Å². The third-order valence-electron chi connectivity index (χ3n) is 3.74. The predicted molar refractivity (Wildman–Crippen MR) is 90.8 cm³/mol. The monoisotopic (exact) mass is 317 g/mol. The first kappa shape index (κ1) is 14.6. The molecule has 0 spiro atoms. The molecule has 0 amide bonds. The maximum atomic E-state index is 5.92. The van der Waals surface area contributed by atoms with Crippen LogP contribution in [-0.4, -0.2) is 18.0 Å². The molecule has 0 aliphatic carbocycles. The average Bonchev–Trinajstić information content (AvgIpc) is 2.91. The first-order valence-electron chi connectivity index (χ1n) is 7.11. The van der Waals surface area contributed by atoms with E-state index in [1.807, 2.05) is 24.3 Å². The Morgan fingerprint density at radius 3 is 2.19 bits per heavy atom. The minimum atomic E-state index is 0.785. The van der Waals surface area contributed by atoms with Gasteiger partial charge in [0.2, 0.25) is 0 Å². The first-order valence-corrected chi connectivity index (χ1v) is 7.86. The Labute approximate surface area is 135 Å². The molecule has 1 heterocycles. The van der Waals surface area contributed by atoms with Gasteiger partial charge >= 0.3 is 0 Å². The Morgan fingerprint density at radius 1 is 0.905 bits per heavy atom. The number of benzene rings is 2. The fraction of sp³-hybridized carbons (Fsp3) is 0.222. The van der Waals surface area contributed by atoms with Crippen molar-refractivity contribution in [2.24, 2.45) is 0 Å². The van der Waals surface area contributed by atoms with Gasteiger partial charge in [0.15, 0.2) is 0 Å². The number of nitrogens with zero attached hydrogens (tertiary/aromatic N) is 1. The van der Waals surface area contributed by atoms with Crippen molar-refractivity contribution in [1.82, 2.24) is 4.90 Å². The van der Waals surface area contributed by atoms with Crippen LogP contribution in [0.15, 0.2) is 54.1 Å². The summed E-state index contributed by atoms with van der Waals surface area (Å²) in [5, 5.41) is 1.58. The second-order valence-electron chi connectivity index (χ2n) is 5.44. The molecule has 0 unspecified atom stereocenters. The first-order chi connectivity index (χ1) is 10.2. The quantitative estimate of drug-likeness (QED) is 0.744. The molecule has 1 fully saturated rings. The number of hydrogen-bond acceptors (Lipinski definition) is 1. The van der Waals surface area contributed by atoms with E-state index >= 15 is 0 Å². The van der Waals surface area contributed by atoms with Crippen molar-refractivity contribution in [3.05, 3.63) is 75.3 Å². The minimum absolute atomic E-state index is 0.785. The van der Waals surface area contributed by atoms with E-state index in [-0.39, 0.29) is 0 Å². The van der Waals surface area contributed by atoms with E-state index in [1.54, 1.807) is 0 Å². The van der Waals surface area contributed by atoms with E-state index in [1.165, 1.54) is 16.7 Å². The van der Waals surface area contributed by atoms with Crippen LogP contribution in [0.1, 0.15) is 17.5 Å². The van der Waals surface area contributed by atoms with Gasteiger partial charge in [0.05, 0.1) is 0 Å². The maximum Gasteiger partial charge on any atom is 0.0406 e. The number of hydrogen-bond donors (Lipinski definition) is 0. The highest BCUT2D eigenvalue weighted by Crippen LogP contribution is 2.21. The highest BCUT2D eigenvalue weighted by atomic mass is 35.5. The summed E-state index contributed by atoms with van der Waals surface area (Å²) in [5.41, 5.74) is 4.01. The Bertz CT molecular complexity index is 629. The molecule has 0 bridgehead atoms. The lowest BCUT2D eigenvalue weighted by atomic mass is 10.1. The lowest BCUT2D eigenvalue weighted by Crippen LogP contribution is -2.18. The van der Waals surface area contributed by atoms with Gasteiger partial charge in [-0.05, 0) is 41.8 Å². The van der Waals surface area contributed by atoms with Crippen molar-refractivity contribution >= 4 is 29.3 Å². The van der Waals surface area contributed by atoms with Crippen LogP contribution in [0.25, 0.3) is 6.08 Å². The smallest absolute Gasteiger partial charge is 0.0406 e. The van der Waals surface area contributed by atoms with Crippen molar-refractivity contribution in [1.29, 1.82) is 0 Å². The normalized spacial score (nSPS) is 17.5. The largest absolute Gasteiger partial charge is 0.295 e. The molecule has 1 aliphatic heterocycles. The van der Waals surface area contributed by atoms with Crippen molar-refractivity contribution in [2.45, 2.75) is 13.0 Å². The fourth-order valence-corrected chi connectivity index (χ4v) is 2.89. The van der Waals surface area contributed by atoms with Crippen LogP contribution in [0.3, 0.4) is 0 Å². The lowest BCUT2D eigenvalue weighted by molar-refractivity contribution is 0.337. The Morgan fingerprint density at radius 2 is 1.52 bits per heavy atom. The van der Waals surface area contributed by atoms with Crippen LogP contribution in [-0.2, 0) is 6.54 Å². The van der Waals surface area contributed by atoms with Crippen LogP contribution in [0.2, 0.25) is 10.0 Å². The number of halogens is 2. The topological polar surface area (TPSA) is 3.24 Å². The van der Waals surface area contributed by atoms with Gasteiger partial charge in [-0.2, -0.15) is 0 Å². The van der Waals surface area contributed by atoms with Crippen LogP contribution >= 0.6 is 23.2 Å². The fourth-order valence-electron chi connectivity index (χ4n) is 2.64. The van der Waals surface area contributed by atoms with Crippen LogP contribution < -0.4 is 0 Å². The van der Waals surface area contributed by atoms with Gasteiger partial charge in [-0.3, -0.25) is 4.90 Å². The van der Waals surface area contributed by atoms with Gasteiger partial charge in [0.25, 0.3) is 0 Å². The molecule has 21 heavy (non-hydrogen) atoms. The number of likely N-dealkylation sites (tertiary alicyclic amines) is 1. The van der Waals surface area contributed by atoms with Gasteiger partial charge in [0.1, 0.15) is 0 Å². The number of rotatable bonds is 3. The van der Waals surface area contributed by atoms with Crippen molar-refractivity contribution in [3.8, 4) is 0 Å². The van der Waals surface area contributed by atoms with Gasteiger partial charge in [0, 0.05) is 29.7 Å². The molecule has 0 radical (unpaired) electrons. The summed E-state index contributed by atoms with van der Waals surface area (Å²) < 4.78 is 0. The molecule has 0 saturated carbocycles. The summed E-state index contributed by atoms with van der Waals surface area (Å²) in [6.45, 7) is 3.13. The molecule has 0 aromatic heterocycles. The third kappa shape index (κ3) is 4.10. The van der Waals surface area contributed by atoms with E-state index in [2.05, 4.69) is 35.2 Å². The summed E-state index contributed by atoms with van der Waals surface area (Å²) in [6, 6.07) is 16.1. The summed E-state index contributed by atoms with van der Waals surface area (Å²) in [5.74, 6) is 0. The molecule has 1 nitrogen and oxygen atoms in total. The Balaban J connectivity index is 1.62. The standard InChI is InChI=1S/C18H17Cl2N/c19-17-5-1-14(2-6-17)11-16-9-10-21(13-16)12-15-3-7-18(20)8-4-15/h1-8,11H,9-10,12-13H2/b16-11+. The van der Waals surface area contributed by atoms with E-state index < -0.39 is 0 Å². The predicted octanol–water partition coefficient (Wildman–Crippen LogP) is 5.28. The minimum Gasteiger partial charge on any atom is -0.295 e. The molecular formula is C18H17Cl2N. The molecule has 0 N–H and O–H groups in total. The van der Waals surface area contributed by atoms with Gasteiger partial charge in [-0.1, -0.05) is 59.1 Å². The van der Waals surface area contributed by atoms with E-state index in [0.717, 1.165) is 36.1 Å². The van der Waals surface area contributed by atoms with Crippen LogP contribution in [0, 0.1) is 0 Å². The Kier molecular flexibility index (Phi) is 4.64. The summed E-state index contributed by atoms with van der Waals surface area (Å²) >= 11 is 11.8. The summed E-state index contributed by atoms with van der Waals surface area (Å²) in [6.07, 6.45) is 3.41. The average molecular weight is 318 g/mol. The van der Waals surface area contributed by atoms with Crippen molar-refractivity contribution in [3.63, 3.8) is 0 Å². The highest BCUT2D eigenvalue weighted by Gasteiger charge is 2.16. The zero-order chi connectivity index (χ0) is 14.7. The molecular weight excluding hydrogens is 301 g/mol. The molecule has 2 aromatic carbocycles. The molecule has 3 heteroatoms. The highest BCUT2D eigenvalue weighted by molar-refractivity contribution is 6.30. The van der Waals surface area contributed by atoms with E-state index in [0.29, 0.717) is 0 Å². The summed E-state index contributed by atoms with van der Waals surface area (Å²) in [4.78, 5) is 2.46. The van der Waals surface area contributed by atoms with E-state index in [4.69, 9.17) is 23.2 Å². The van der Waals surface area contributed by atoms with Gasteiger partial charge in [-0.25, -0.2) is 0 Å². The molecule has 2 aromatic rings. The van der Waals surface area contributed by atoms with Crippen molar-refractivity contribution < 1.29 is 0 Å². The molecule has 3 rings (SSSR count). The van der Waals surface area contributed by atoms with Gasteiger partial charge < -0.3 is 0 Å². The molecule has 108 valence electrons. The zero-order valence-electron chi connectivity index (χ0n) is 11.7. The molecule has 0 atom stereocenters. The second kappa shape index (κ2) is 6.65. The third-order valence-corrected chi connectivity index (χ3v) is 4.24. The molecule has 1 aliphatic rings. The maximum absolute atomic E-state index is 5.92. The second-order valence-corrected chi connectivity index (χ2v) is 6.31. The lowest BCUT2D eigenvalue weighted by Gasteiger charge is -2.14. The summed E-state index contributed by atoms with van der Waals surface area (Å²) in [7, 11) is 0. The van der Waals surface area contributed by atoms with Crippen LogP contribution in [0.5, 0.6) is 0 Å². The van der Waals surface area contributed by atoms with Crippen LogP contribution in [0.4, 0.5) is 0 Å². The van der Waals surface area contributed by atoms with Crippen molar-refractivity contribution in [2.75, 3.05) is 13.1 Å². The molecule has 1 saturated heterocycles. The Hall–Kier alpha value is -1.28. The van der Waals surface area contributed by atoms with Gasteiger partial charge in [-0.15, -0.1) is 0 Å². The zero-order valence-corrected chi connectivity index (χ0v) is 13.2.